The first-order valence-electron chi connectivity index (χ1n) is 2.37. The minimum atomic E-state index is 0. The Bertz CT molecular complexity index is 152. The van der Waals surface area contributed by atoms with Gasteiger partial charge in [0.25, 0.3) is 0 Å². The molecular weight excluding hydrogens is 282 g/mol. The quantitative estimate of drug-likeness (QED) is 0.115. The molecule has 1 rings (SSSR count). The number of hydrogen-bond acceptors (Lipinski definition) is 5. The average Bonchev–Trinajstić information content (AvgIpc) is 2.13. The second-order valence-corrected chi connectivity index (χ2v) is 1.24. The summed E-state index contributed by atoms with van der Waals surface area (Å²) in [5.74, 6) is 0. The molecule has 0 fully saturated rings. The molecule has 0 radical (unpaired) electrons. The van der Waals surface area contributed by atoms with E-state index in [2.05, 4.69) is 0 Å². The molecule has 0 saturated carbocycles. The summed E-state index contributed by atoms with van der Waals surface area (Å²) in [7, 11) is 0. The van der Waals surface area contributed by atoms with E-state index >= 15 is 0 Å². The van der Waals surface area contributed by atoms with Crippen LogP contribution < -0.4 is 25.8 Å². The maximum atomic E-state index is 10.2. The van der Waals surface area contributed by atoms with Crippen LogP contribution in [0, 0.1) is 5.21 Å². The van der Waals surface area contributed by atoms with Gasteiger partial charge >= 0.3 is 0 Å². The van der Waals surface area contributed by atoms with Crippen molar-refractivity contribution in [3.05, 3.63) is 35.8 Å². The molecule has 1 aromatic heterocycles. The predicted octanol–water partition coefficient (Wildman–Crippen LogP) is -5.48. The van der Waals surface area contributed by atoms with Crippen LogP contribution in [-0.4, -0.2) is 0 Å². The van der Waals surface area contributed by atoms with E-state index in [1.54, 1.807) is 18.2 Å². The van der Waals surface area contributed by atoms with Crippen molar-refractivity contribution >= 4 is 0 Å². The van der Waals surface area contributed by atoms with Crippen molar-refractivity contribution in [1.82, 2.24) is 0 Å². The van der Waals surface area contributed by atoms with Gasteiger partial charge in [-0.25, -0.2) is 0 Å². The summed E-state index contributed by atoms with van der Waals surface area (Å²) in [5.41, 5.74) is 0. The van der Waals surface area contributed by atoms with Crippen LogP contribution in [0.5, 0.6) is 0 Å². The number of nitrogens with zero attached hydrogens (tertiary/aromatic N) is 1. The van der Waals surface area contributed by atoms with E-state index in [1.807, 2.05) is 0 Å². The van der Waals surface area contributed by atoms with Crippen LogP contribution in [0.1, 0.15) is 0 Å². The number of pyridine rings is 1. The minimum Gasteiger partial charge on any atom is -2.00 e. The van der Waals surface area contributed by atoms with E-state index < -0.39 is 0 Å². The van der Waals surface area contributed by atoms with Gasteiger partial charge in [0.15, 0.2) is 12.4 Å². The Balaban J connectivity index is -0.0000000350. The largest absolute Gasteiger partial charge is 2.00 e. The zero-order chi connectivity index (χ0) is 9.11. The van der Waals surface area contributed by atoms with Crippen LogP contribution in [0.15, 0.2) is 30.6 Å². The molecule has 1 heterocycles. The van der Waals surface area contributed by atoms with Crippen molar-refractivity contribution < 1.29 is 57.8 Å². The fourth-order valence-corrected chi connectivity index (χ4v) is 0.383. The van der Waals surface area contributed by atoms with Crippen LogP contribution in [-0.2, 0) is 32.0 Å². The third-order valence-electron chi connectivity index (χ3n) is 0.688. The Morgan fingerprint density at radius 1 is 0.786 bits per heavy atom. The molecule has 0 aliphatic carbocycles. The van der Waals surface area contributed by atoms with E-state index in [-0.39, 0.29) is 32.0 Å². The molecule has 0 amide bonds. The first kappa shape index (κ1) is 29.2. The van der Waals surface area contributed by atoms with E-state index in [9.17, 15) is 5.21 Å². The van der Waals surface area contributed by atoms with Crippen molar-refractivity contribution in [1.29, 1.82) is 0 Å². The molecular formula is C5H8MoNO7-5. The van der Waals surface area contributed by atoms with Gasteiger partial charge in [0, 0.05) is 33.2 Å². The SMILES string of the molecule is [Mo].[O-2].[O-][O-].[O-][O-].[O-][n+]1ccccc1.[OH3+]. The maximum Gasteiger partial charge on any atom is 0.180 e. The molecule has 0 aliphatic rings. The van der Waals surface area contributed by atoms with Crippen LogP contribution in [0.25, 0.3) is 0 Å². The maximum absolute atomic E-state index is 10.2. The standard InChI is InChI=1S/C5H5NO.Mo.2O2.H2O.O/c7-6-4-2-1-3-5-6;;2*1-2;;/h1-5H;;;;1H2;/q;;2*-2;;-2/p+1. The molecule has 0 spiro atoms. The van der Waals surface area contributed by atoms with Gasteiger partial charge in [-0.3, -0.25) is 0 Å². The fraction of sp³-hybridized carbons (Fsp3) is 0. The molecule has 8 nitrogen and oxygen atoms in total. The summed E-state index contributed by atoms with van der Waals surface area (Å²) in [5, 5.41) is 38.2. The fourth-order valence-electron chi connectivity index (χ4n) is 0.383. The summed E-state index contributed by atoms with van der Waals surface area (Å²) < 4.78 is 0.750. The Labute approximate surface area is 94.0 Å². The zero-order valence-electron chi connectivity index (χ0n) is 6.77. The Kier molecular flexibility index (Phi) is 61.4. The van der Waals surface area contributed by atoms with Crippen LogP contribution in [0.4, 0.5) is 0 Å². The molecule has 86 valence electrons. The smallest absolute Gasteiger partial charge is 0.180 e. The molecule has 0 atom stereocenters. The molecule has 1 aromatic rings. The van der Waals surface area contributed by atoms with Gasteiger partial charge in [0.05, 0.1) is 0 Å². The molecule has 0 aromatic carbocycles. The molecule has 0 unspecified atom stereocenters. The second kappa shape index (κ2) is 29.4. The summed E-state index contributed by atoms with van der Waals surface area (Å²) in [6.07, 6.45) is 2.89. The first-order chi connectivity index (χ1) is 5.39. The first-order valence-corrected chi connectivity index (χ1v) is 2.37. The number of rotatable bonds is 0. The summed E-state index contributed by atoms with van der Waals surface area (Å²) in [4.78, 5) is 0. The summed E-state index contributed by atoms with van der Waals surface area (Å²) >= 11 is 0. The van der Waals surface area contributed by atoms with Gasteiger partial charge in [0.2, 0.25) is 0 Å². The minimum absolute atomic E-state index is 0. The van der Waals surface area contributed by atoms with E-state index in [0.29, 0.717) is 0 Å². The molecule has 0 aliphatic heterocycles. The van der Waals surface area contributed by atoms with Gasteiger partial charge < -0.3 is 37.2 Å². The Hall–Kier alpha value is -0.602. The number of aromatic nitrogens is 1. The molecule has 0 saturated heterocycles. The number of hydrogen-bond donors (Lipinski definition) is 0. The Morgan fingerprint density at radius 2 is 1.07 bits per heavy atom. The summed E-state index contributed by atoms with van der Waals surface area (Å²) in [6.45, 7) is 0. The van der Waals surface area contributed by atoms with Crippen molar-refractivity contribution in [3.8, 4) is 0 Å². The van der Waals surface area contributed by atoms with Crippen LogP contribution >= 0.6 is 0 Å². The molecule has 0 bridgehead atoms. The van der Waals surface area contributed by atoms with Gasteiger partial charge in [0.1, 0.15) is 0 Å². The van der Waals surface area contributed by atoms with E-state index in [1.165, 1.54) is 12.4 Å². The average molecular weight is 290 g/mol. The zero-order valence-corrected chi connectivity index (χ0v) is 8.78. The van der Waals surface area contributed by atoms with Crippen molar-refractivity contribution in [2.75, 3.05) is 0 Å². The van der Waals surface area contributed by atoms with E-state index in [4.69, 9.17) is 21.0 Å². The third kappa shape index (κ3) is 22.5. The van der Waals surface area contributed by atoms with Crippen molar-refractivity contribution in [2.24, 2.45) is 0 Å². The van der Waals surface area contributed by atoms with Gasteiger partial charge in [-0.1, -0.05) is 6.07 Å². The van der Waals surface area contributed by atoms with Gasteiger partial charge in [-0.05, 0) is 0 Å². The van der Waals surface area contributed by atoms with Crippen molar-refractivity contribution in [2.45, 2.75) is 0 Å². The van der Waals surface area contributed by atoms with Gasteiger partial charge in [-0.15, -0.1) is 0 Å². The van der Waals surface area contributed by atoms with Crippen LogP contribution in [0.3, 0.4) is 0 Å². The Morgan fingerprint density at radius 3 is 1.21 bits per heavy atom. The van der Waals surface area contributed by atoms with E-state index in [0.717, 1.165) is 4.73 Å². The molecule has 3 N–H and O–H groups in total. The summed E-state index contributed by atoms with van der Waals surface area (Å²) in [6, 6.07) is 5.18. The monoisotopic (exact) mass is 292 g/mol. The molecule has 9 heteroatoms. The van der Waals surface area contributed by atoms with Gasteiger partial charge in [-0.2, -0.15) is 4.73 Å². The predicted molar refractivity (Wildman–Crippen MR) is 31.0 cm³/mol. The topological polar surface area (TPSA) is 181 Å². The van der Waals surface area contributed by atoms with Crippen LogP contribution in [0.2, 0.25) is 0 Å². The van der Waals surface area contributed by atoms with Crippen molar-refractivity contribution in [3.63, 3.8) is 0 Å². The molecule has 14 heavy (non-hydrogen) atoms. The normalized spacial score (nSPS) is 5.14. The second-order valence-electron chi connectivity index (χ2n) is 1.24. The third-order valence-corrected chi connectivity index (χ3v) is 0.688.